The minimum absolute atomic E-state index is 0.109. The van der Waals surface area contributed by atoms with Crippen molar-refractivity contribution in [1.82, 2.24) is 24.9 Å². The number of fused-ring (bicyclic) bond motifs is 1. The molecule has 12 heteroatoms. The number of carbonyl (C=O) groups excluding carboxylic acids is 2. The maximum atomic E-state index is 15.1. The quantitative estimate of drug-likeness (QED) is 0.333. The van der Waals surface area contributed by atoms with E-state index in [2.05, 4.69) is 41.5 Å². The van der Waals surface area contributed by atoms with Crippen molar-refractivity contribution in [3.8, 4) is 0 Å². The lowest BCUT2D eigenvalue weighted by Crippen LogP contribution is -2.50. The number of nitrogens with zero attached hydrogens (tertiary/aromatic N) is 5. The van der Waals surface area contributed by atoms with Crippen molar-refractivity contribution >= 4 is 35.0 Å². The van der Waals surface area contributed by atoms with Crippen LogP contribution < -0.4 is 20.9 Å². The molecular weight excluding hydrogens is 527 g/mol. The summed E-state index contributed by atoms with van der Waals surface area (Å²) in [5.41, 5.74) is 2.22. The van der Waals surface area contributed by atoms with Crippen molar-refractivity contribution in [3.63, 3.8) is 0 Å². The molecule has 0 spiro atoms. The highest BCUT2D eigenvalue weighted by Crippen LogP contribution is 2.26. The van der Waals surface area contributed by atoms with Crippen LogP contribution in [0.5, 0.6) is 0 Å². The standard InChI is InChI=1S/C29H37FN8O3/c1-4-25(39)37(27(40)23-7-5-6-12-31-23)24-15-19(8-9-22(24)30)16-32-29-36-28(34-20-10-13-41-14-11-20)35-26-21(18(2)3)17-33-38(26)29/h4,8-9,15,17-18,20,23,31H,1,5-7,10-14,16H2,2-3H3,(H2,32,34,35,36). The molecule has 41 heavy (non-hydrogen) atoms. The molecule has 0 aliphatic carbocycles. The zero-order chi connectivity index (χ0) is 28.9. The molecule has 2 aliphatic heterocycles. The van der Waals surface area contributed by atoms with Gasteiger partial charge in [-0.15, -0.1) is 0 Å². The smallest absolute Gasteiger partial charge is 0.257 e. The Morgan fingerprint density at radius 2 is 2.05 bits per heavy atom. The van der Waals surface area contributed by atoms with Gasteiger partial charge in [0.25, 0.3) is 11.8 Å². The fourth-order valence-electron chi connectivity index (χ4n) is 5.18. The van der Waals surface area contributed by atoms with E-state index in [0.717, 1.165) is 42.2 Å². The number of rotatable bonds is 9. The van der Waals surface area contributed by atoms with E-state index in [9.17, 15) is 9.59 Å². The molecule has 0 saturated carbocycles. The summed E-state index contributed by atoms with van der Waals surface area (Å²) in [5.74, 6) is -0.681. The number of nitrogens with one attached hydrogen (secondary N) is 3. The Labute approximate surface area is 238 Å². The van der Waals surface area contributed by atoms with Gasteiger partial charge in [0.2, 0.25) is 11.9 Å². The number of aromatic nitrogens is 4. The van der Waals surface area contributed by atoms with E-state index in [0.29, 0.717) is 49.3 Å². The summed E-state index contributed by atoms with van der Waals surface area (Å²) in [6.45, 7) is 9.96. The lowest BCUT2D eigenvalue weighted by Gasteiger charge is -2.28. The van der Waals surface area contributed by atoms with Crippen molar-refractivity contribution in [2.75, 3.05) is 35.3 Å². The first-order chi connectivity index (χ1) is 19.9. The van der Waals surface area contributed by atoms with Crippen molar-refractivity contribution < 1.29 is 18.7 Å². The van der Waals surface area contributed by atoms with Crippen molar-refractivity contribution in [2.45, 2.75) is 70.5 Å². The lowest BCUT2D eigenvalue weighted by atomic mass is 10.0. The summed E-state index contributed by atoms with van der Waals surface area (Å²) in [5, 5.41) is 14.4. The average molecular weight is 565 g/mol. The highest BCUT2D eigenvalue weighted by Gasteiger charge is 2.31. The zero-order valence-corrected chi connectivity index (χ0v) is 23.5. The van der Waals surface area contributed by atoms with E-state index in [4.69, 9.17) is 14.7 Å². The molecule has 11 nitrogen and oxygen atoms in total. The monoisotopic (exact) mass is 564 g/mol. The van der Waals surface area contributed by atoms with E-state index < -0.39 is 23.7 Å². The molecule has 1 unspecified atom stereocenters. The number of hydrogen-bond acceptors (Lipinski definition) is 9. The fourth-order valence-corrected chi connectivity index (χ4v) is 5.18. The second-order valence-electron chi connectivity index (χ2n) is 10.7. The summed E-state index contributed by atoms with van der Waals surface area (Å²) in [6.07, 6.45) is 6.93. The number of hydrogen-bond donors (Lipinski definition) is 3. The predicted molar refractivity (Wildman–Crippen MR) is 154 cm³/mol. The number of halogens is 1. The first-order valence-corrected chi connectivity index (χ1v) is 14.2. The Balaban J connectivity index is 1.42. The van der Waals surface area contributed by atoms with Gasteiger partial charge in [-0.3, -0.25) is 9.59 Å². The van der Waals surface area contributed by atoms with Gasteiger partial charge in [-0.1, -0.05) is 32.9 Å². The third-order valence-corrected chi connectivity index (χ3v) is 7.50. The Bertz CT molecular complexity index is 1410. The molecule has 2 amide bonds. The maximum absolute atomic E-state index is 15.1. The van der Waals surface area contributed by atoms with Crippen LogP contribution in [0.2, 0.25) is 0 Å². The van der Waals surface area contributed by atoms with Gasteiger partial charge in [-0.2, -0.15) is 19.6 Å². The topological polar surface area (TPSA) is 126 Å². The van der Waals surface area contributed by atoms with Crippen LogP contribution in [0.25, 0.3) is 5.65 Å². The minimum atomic E-state index is -0.675. The second-order valence-corrected chi connectivity index (χ2v) is 10.7. The van der Waals surface area contributed by atoms with Crippen LogP contribution in [0, 0.1) is 5.82 Å². The van der Waals surface area contributed by atoms with Gasteiger partial charge in [0.05, 0.1) is 17.9 Å². The van der Waals surface area contributed by atoms with E-state index in [1.807, 2.05) is 0 Å². The lowest BCUT2D eigenvalue weighted by molar-refractivity contribution is -0.126. The van der Waals surface area contributed by atoms with Crippen LogP contribution in [0.4, 0.5) is 22.0 Å². The van der Waals surface area contributed by atoms with E-state index in [1.165, 1.54) is 12.1 Å². The number of amides is 2. The SMILES string of the molecule is C=CC(=O)N(C(=O)C1CCCCN1)c1cc(CNc2nc(NC3CCOCC3)nc3c(C(C)C)cnn23)ccc1F. The summed E-state index contributed by atoms with van der Waals surface area (Å²) < 4.78 is 22.2. The van der Waals surface area contributed by atoms with Gasteiger partial charge >= 0.3 is 0 Å². The van der Waals surface area contributed by atoms with Crippen LogP contribution in [-0.2, 0) is 20.9 Å². The average Bonchev–Trinajstić information content (AvgIpc) is 3.42. The first kappa shape index (κ1) is 28.6. The Hall–Kier alpha value is -3.90. The van der Waals surface area contributed by atoms with Gasteiger partial charge in [-0.05, 0) is 61.9 Å². The number of benzene rings is 1. The summed E-state index contributed by atoms with van der Waals surface area (Å²) in [6, 6.07) is 4.02. The van der Waals surface area contributed by atoms with Crippen LogP contribution in [0.15, 0.2) is 37.1 Å². The summed E-state index contributed by atoms with van der Waals surface area (Å²) in [7, 11) is 0. The number of piperidine rings is 1. The Morgan fingerprint density at radius 3 is 2.76 bits per heavy atom. The first-order valence-electron chi connectivity index (χ1n) is 14.2. The van der Waals surface area contributed by atoms with Crippen LogP contribution in [0.3, 0.4) is 0 Å². The van der Waals surface area contributed by atoms with Crippen molar-refractivity contribution in [1.29, 1.82) is 0 Å². The molecule has 218 valence electrons. The fraction of sp³-hybridized carbons (Fsp3) is 0.483. The molecule has 2 aliphatic rings. The third-order valence-electron chi connectivity index (χ3n) is 7.50. The van der Waals surface area contributed by atoms with Crippen molar-refractivity contribution in [3.05, 3.63) is 54.0 Å². The van der Waals surface area contributed by atoms with Gasteiger partial charge in [0.1, 0.15) is 5.82 Å². The molecule has 2 aromatic heterocycles. The molecule has 1 atom stereocenters. The van der Waals surface area contributed by atoms with Crippen LogP contribution in [0.1, 0.15) is 63.0 Å². The summed E-state index contributed by atoms with van der Waals surface area (Å²) in [4.78, 5) is 36.4. The number of carbonyl (C=O) groups is 2. The molecular formula is C29H37FN8O3. The van der Waals surface area contributed by atoms with E-state index in [1.54, 1.807) is 16.8 Å². The number of imide groups is 1. The Kier molecular flexibility index (Phi) is 8.89. The molecule has 0 bridgehead atoms. The highest BCUT2D eigenvalue weighted by atomic mass is 19.1. The molecule has 3 N–H and O–H groups in total. The van der Waals surface area contributed by atoms with Crippen LogP contribution in [-0.4, -0.2) is 63.2 Å². The third kappa shape index (κ3) is 6.38. The maximum Gasteiger partial charge on any atom is 0.257 e. The van der Waals surface area contributed by atoms with Gasteiger partial charge in [-0.25, -0.2) is 9.29 Å². The van der Waals surface area contributed by atoms with E-state index in [-0.39, 0.29) is 24.2 Å². The van der Waals surface area contributed by atoms with Crippen molar-refractivity contribution in [2.24, 2.45) is 0 Å². The van der Waals surface area contributed by atoms with Gasteiger partial charge in [0.15, 0.2) is 5.65 Å². The molecule has 2 fully saturated rings. The largest absolute Gasteiger partial charge is 0.381 e. The highest BCUT2D eigenvalue weighted by molar-refractivity contribution is 6.20. The molecule has 5 rings (SSSR count). The molecule has 2 saturated heterocycles. The summed E-state index contributed by atoms with van der Waals surface area (Å²) >= 11 is 0. The second kappa shape index (κ2) is 12.7. The molecule has 0 radical (unpaired) electrons. The predicted octanol–water partition coefficient (Wildman–Crippen LogP) is 3.78. The molecule has 4 heterocycles. The van der Waals surface area contributed by atoms with Gasteiger partial charge in [0, 0.05) is 31.4 Å². The Morgan fingerprint density at radius 1 is 1.24 bits per heavy atom. The normalized spacial score (nSPS) is 17.9. The van der Waals surface area contributed by atoms with Crippen LogP contribution >= 0.6 is 0 Å². The minimum Gasteiger partial charge on any atom is -0.381 e. The van der Waals surface area contributed by atoms with E-state index >= 15 is 4.39 Å². The number of ether oxygens (including phenoxy) is 1. The zero-order valence-electron chi connectivity index (χ0n) is 23.5. The molecule has 1 aromatic carbocycles. The number of anilines is 3. The van der Waals surface area contributed by atoms with Gasteiger partial charge < -0.3 is 20.7 Å². The molecule has 3 aromatic rings.